The molecule has 0 saturated carbocycles. The van der Waals surface area contributed by atoms with Gasteiger partial charge in [0.05, 0.1) is 28.7 Å². The number of nitrogens with zero attached hydrogens (tertiary/aromatic N) is 2. The molecule has 1 fully saturated rings. The third-order valence-corrected chi connectivity index (χ3v) is 6.43. The van der Waals surface area contributed by atoms with Gasteiger partial charge < -0.3 is 14.3 Å². The zero-order chi connectivity index (χ0) is 23.1. The Morgan fingerprint density at radius 2 is 2.03 bits per heavy atom. The largest absolute Gasteiger partial charge is 0.507 e. The molecule has 5 rings (SSSR count). The Kier molecular flexibility index (Phi) is 5.22. The van der Waals surface area contributed by atoms with Crippen LogP contribution in [0.1, 0.15) is 29.9 Å². The predicted molar refractivity (Wildman–Crippen MR) is 125 cm³/mol. The van der Waals surface area contributed by atoms with Crippen LogP contribution in [0, 0.1) is 6.92 Å². The number of furan rings is 1. The molecule has 3 heterocycles. The highest BCUT2D eigenvalue weighted by molar-refractivity contribution is 7.22. The lowest BCUT2D eigenvalue weighted by Gasteiger charge is -2.20. The first kappa shape index (κ1) is 21.0. The molecule has 8 heteroatoms. The van der Waals surface area contributed by atoms with Crippen molar-refractivity contribution >= 4 is 44.1 Å². The highest BCUT2D eigenvalue weighted by atomic mass is 32.1. The van der Waals surface area contributed by atoms with Crippen molar-refractivity contribution in [2.75, 3.05) is 11.5 Å². The van der Waals surface area contributed by atoms with Gasteiger partial charge in [0.25, 0.3) is 5.78 Å². The minimum Gasteiger partial charge on any atom is -0.507 e. The number of aryl methyl sites for hydroxylation is 1. The topological polar surface area (TPSA) is 92.9 Å². The van der Waals surface area contributed by atoms with E-state index in [2.05, 4.69) is 4.98 Å². The molecule has 1 aliphatic rings. The Morgan fingerprint density at radius 3 is 2.79 bits per heavy atom. The first-order chi connectivity index (χ1) is 16.0. The fraction of sp³-hybridized carbons (Fsp3) is 0.160. The molecule has 7 nitrogen and oxygen atoms in total. The van der Waals surface area contributed by atoms with Crippen LogP contribution in [-0.2, 0) is 9.59 Å². The molecule has 0 bridgehead atoms. The smallest absolute Gasteiger partial charge is 0.302 e. The Hall–Kier alpha value is -3.91. The second kappa shape index (κ2) is 8.22. The third kappa shape index (κ3) is 3.58. The normalized spacial score (nSPS) is 17.8. The van der Waals surface area contributed by atoms with Crippen molar-refractivity contribution in [3.8, 4) is 5.75 Å². The van der Waals surface area contributed by atoms with Gasteiger partial charge in [0.2, 0.25) is 0 Å². The van der Waals surface area contributed by atoms with Crippen molar-refractivity contribution in [2.24, 2.45) is 0 Å². The fourth-order valence-corrected chi connectivity index (χ4v) is 5.01. The van der Waals surface area contributed by atoms with E-state index < -0.39 is 17.7 Å². The molecular formula is C25H20N2O5S. The van der Waals surface area contributed by atoms with Gasteiger partial charge in [0, 0.05) is 5.56 Å². The molecule has 1 N–H and O–H groups in total. The number of carbonyl (C=O) groups excluding carboxylic acids is 2. The molecule has 33 heavy (non-hydrogen) atoms. The monoisotopic (exact) mass is 460 g/mol. The molecule has 4 aromatic rings. The van der Waals surface area contributed by atoms with Gasteiger partial charge in [-0.2, -0.15) is 0 Å². The summed E-state index contributed by atoms with van der Waals surface area (Å²) in [7, 11) is 0. The van der Waals surface area contributed by atoms with Gasteiger partial charge in [-0.25, -0.2) is 4.98 Å². The molecule has 1 aliphatic heterocycles. The number of anilines is 1. The van der Waals surface area contributed by atoms with Crippen molar-refractivity contribution in [3.63, 3.8) is 0 Å². The van der Waals surface area contributed by atoms with Gasteiger partial charge in [-0.15, -0.1) is 0 Å². The fourth-order valence-electron chi connectivity index (χ4n) is 3.92. The number of rotatable bonds is 5. The molecule has 0 radical (unpaired) electrons. The molecule has 1 atom stereocenters. The van der Waals surface area contributed by atoms with E-state index >= 15 is 0 Å². The van der Waals surface area contributed by atoms with E-state index in [1.54, 1.807) is 36.4 Å². The average molecular weight is 461 g/mol. The maximum Gasteiger partial charge on any atom is 0.302 e. The minimum absolute atomic E-state index is 0.0564. The van der Waals surface area contributed by atoms with E-state index in [1.807, 2.05) is 32.0 Å². The molecule has 0 spiro atoms. The van der Waals surface area contributed by atoms with Crippen LogP contribution in [-0.4, -0.2) is 28.4 Å². The zero-order valence-corrected chi connectivity index (χ0v) is 18.8. The number of fused-ring (bicyclic) bond motifs is 1. The number of Topliss-reactive ketones (excluding diaryl/α,β-unsaturated/α-hetero) is 1. The van der Waals surface area contributed by atoms with E-state index in [1.165, 1.54) is 22.5 Å². The number of ether oxygens (including phenoxy) is 1. The van der Waals surface area contributed by atoms with E-state index in [-0.39, 0.29) is 11.3 Å². The predicted octanol–water partition coefficient (Wildman–Crippen LogP) is 5.22. The number of carbonyl (C=O) groups is 2. The minimum atomic E-state index is -0.947. The molecule has 1 saturated heterocycles. The summed E-state index contributed by atoms with van der Waals surface area (Å²) in [4.78, 5) is 32.3. The highest BCUT2D eigenvalue weighted by Crippen LogP contribution is 2.44. The quantitative estimate of drug-likeness (QED) is 0.249. The van der Waals surface area contributed by atoms with Crippen LogP contribution in [0.15, 0.2) is 70.9 Å². The van der Waals surface area contributed by atoms with Crippen LogP contribution in [0.25, 0.3) is 16.0 Å². The number of ketones is 1. The summed E-state index contributed by atoms with van der Waals surface area (Å²) >= 11 is 1.31. The first-order valence-corrected chi connectivity index (χ1v) is 11.2. The summed E-state index contributed by atoms with van der Waals surface area (Å²) in [6.45, 7) is 4.29. The molecule has 1 amide bonds. The van der Waals surface area contributed by atoms with Gasteiger partial charge in [0.15, 0.2) is 5.13 Å². The number of benzene rings is 2. The van der Waals surface area contributed by atoms with Crippen LogP contribution < -0.4 is 9.64 Å². The van der Waals surface area contributed by atoms with Gasteiger partial charge in [0.1, 0.15) is 23.3 Å². The second-order valence-corrected chi connectivity index (χ2v) is 8.62. The number of hydrogen-bond acceptors (Lipinski definition) is 7. The highest BCUT2D eigenvalue weighted by Gasteiger charge is 2.49. The van der Waals surface area contributed by atoms with E-state index in [0.717, 1.165) is 15.8 Å². The van der Waals surface area contributed by atoms with Gasteiger partial charge in [-0.3, -0.25) is 14.5 Å². The Labute approximate surface area is 193 Å². The van der Waals surface area contributed by atoms with Crippen molar-refractivity contribution in [1.82, 2.24) is 4.98 Å². The molecule has 2 aromatic carbocycles. The number of hydrogen-bond donors (Lipinski definition) is 1. The number of aliphatic hydroxyl groups excluding tert-OH is 1. The summed E-state index contributed by atoms with van der Waals surface area (Å²) in [6, 6.07) is 15.0. The second-order valence-electron chi connectivity index (χ2n) is 7.61. The number of thiazole rings is 1. The Bertz CT molecular complexity index is 1400. The van der Waals surface area contributed by atoms with Gasteiger partial charge in [-0.05, 0) is 55.8 Å². The van der Waals surface area contributed by atoms with E-state index in [4.69, 9.17) is 9.15 Å². The lowest BCUT2D eigenvalue weighted by atomic mass is 9.99. The molecule has 1 unspecified atom stereocenters. The summed E-state index contributed by atoms with van der Waals surface area (Å²) < 4.78 is 12.0. The maximum absolute atomic E-state index is 13.2. The van der Waals surface area contributed by atoms with Crippen LogP contribution in [0.3, 0.4) is 0 Å². The summed E-state index contributed by atoms with van der Waals surface area (Å²) in [5.74, 6) is -0.962. The molecule has 0 aliphatic carbocycles. The van der Waals surface area contributed by atoms with Crippen molar-refractivity contribution in [3.05, 3.63) is 83.3 Å². The number of amides is 1. The zero-order valence-electron chi connectivity index (χ0n) is 17.9. The van der Waals surface area contributed by atoms with Crippen molar-refractivity contribution < 1.29 is 23.8 Å². The summed E-state index contributed by atoms with van der Waals surface area (Å²) in [6.07, 6.45) is 1.47. The van der Waals surface area contributed by atoms with Gasteiger partial charge in [-0.1, -0.05) is 29.5 Å². The lowest BCUT2D eigenvalue weighted by molar-refractivity contribution is -0.132. The standard InChI is InChI=1S/C25H20N2O5S/c1-3-31-16-7-4-6-15(13-16)22(28)20-21(18-8-5-11-32-18)27(24(30)23(20)29)25-26-17-10-9-14(2)12-19(17)33-25/h4-13,21,28H,3H2,1-2H3/b22-20+. The summed E-state index contributed by atoms with van der Waals surface area (Å²) in [5, 5.41) is 11.5. The maximum atomic E-state index is 13.2. The van der Waals surface area contributed by atoms with Crippen molar-refractivity contribution in [2.45, 2.75) is 19.9 Å². The number of aromatic nitrogens is 1. The van der Waals surface area contributed by atoms with Crippen molar-refractivity contribution in [1.29, 1.82) is 0 Å². The van der Waals surface area contributed by atoms with E-state index in [0.29, 0.717) is 28.8 Å². The average Bonchev–Trinajstić information content (AvgIpc) is 3.52. The first-order valence-electron chi connectivity index (χ1n) is 10.4. The van der Waals surface area contributed by atoms with Crippen LogP contribution in [0.5, 0.6) is 5.75 Å². The molecule has 2 aromatic heterocycles. The Morgan fingerprint density at radius 1 is 1.18 bits per heavy atom. The number of aliphatic hydroxyl groups is 1. The summed E-state index contributed by atoms with van der Waals surface area (Å²) in [5.41, 5.74) is 2.11. The van der Waals surface area contributed by atoms with Crippen LogP contribution >= 0.6 is 11.3 Å². The Balaban J connectivity index is 1.68. The molecular weight excluding hydrogens is 440 g/mol. The van der Waals surface area contributed by atoms with Gasteiger partial charge >= 0.3 is 5.91 Å². The lowest BCUT2D eigenvalue weighted by Crippen LogP contribution is -2.29. The van der Waals surface area contributed by atoms with Crippen LogP contribution in [0.2, 0.25) is 0 Å². The third-order valence-electron chi connectivity index (χ3n) is 5.41. The van der Waals surface area contributed by atoms with Crippen LogP contribution in [0.4, 0.5) is 5.13 Å². The SMILES string of the molecule is CCOc1cccc(/C(O)=C2\C(=O)C(=O)N(c3nc4ccc(C)cc4s3)C2c2ccco2)c1. The molecule has 166 valence electrons. The van der Waals surface area contributed by atoms with E-state index in [9.17, 15) is 14.7 Å².